The minimum atomic E-state index is -0.725. The van der Waals surface area contributed by atoms with E-state index in [0.717, 1.165) is 12.8 Å². The summed E-state index contributed by atoms with van der Waals surface area (Å²) in [5, 5.41) is 10.9. The summed E-state index contributed by atoms with van der Waals surface area (Å²) in [6.07, 6.45) is 4.52. The lowest BCUT2D eigenvalue weighted by molar-refractivity contribution is 0.0145. The molecule has 0 spiro atoms. The molecule has 2 aliphatic heterocycles. The number of fused-ring (bicyclic) bond motifs is 4. The van der Waals surface area contributed by atoms with Gasteiger partial charge in [-0.15, -0.1) is 0 Å². The predicted molar refractivity (Wildman–Crippen MR) is 183 cm³/mol. The van der Waals surface area contributed by atoms with Crippen molar-refractivity contribution in [1.82, 2.24) is 24.8 Å². The number of nitrogens with zero attached hydrogens (tertiary/aromatic N) is 7. The molecule has 2 unspecified atom stereocenters. The van der Waals surface area contributed by atoms with Gasteiger partial charge in [0.25, 0.3) is 0 Å². The number of ether oxygens (including phenoxy) is 2. The number of hydrogen-bond donors (Lipinski definition) is 0. The van der Waals surface area contributed by atoms with Crippen molar-refractivity contribution in [2.75, 3.05) is 38.2 Å². The number of nitriles is 1. The molecule has 2 aromatic carbocycles. The van der Waals surface area contributed by atoms with Gasteiger partial charge in [0.15, 0.2) is 5.82 Å². The molecule has 1 amide bonds. The number of carbonyl (C=O) groups excluding carboxylic acids is 1. The van der Waals surface area contributed by atoms with Crippen LogP contribution in [0.1, 0.15) is 46.5 Å². The summed E-state index contributed by atoms with van der Waals surface area (Å²) in [7, 11) is 2.11. The molecule has 1 aliphatic carbocycles. The second-order valence-corrected chi connectivity index (χ2v) is 14.6. The van der Waals surface area contributed by atoms with Crippen molar-refractivity contribution in [1.29, 1.82) is 5.26 Å². The molecule has 7 rings (SSSR count). The average Bonchev–Trinajstić information content (AvgIpc) is 3.66. The Morgan fingerprint density at radius 3 is 2.69 bits per heavy atom. The predicted octanol–water partition coefficient (Wildman–Crippen LogP) is 6.98. The van der Waals surface area contributed by atoms with Crippen LogP contribution in [0.15, 0.2) is 36.5 Å². The molecule has 2 bridgehead atoms. The van der Waals surface area contributed by atoms with Gasteiger partial charge < -0.3 is 19.3 Å². The van der Waals surface area contributed by atoms with Crippen LogP contribution in [0.5, 0.6) is 6.01 Å². The van der Waals surface area contributed by atoms with Crippen LogP contribution in [0.3, 0.4) is 0 Å². The van der Waals surface area contributed by atoms with Crippen molar-refractivity contribution >= 4 is 45.2 Å². The summed E-state index contributed by atoms with van der Waals surface area (Å²) < 4.78 is 43.3. The van der Waals surface area contributed by atoms with E-state index in [9.17, 15) is 14.4 Å². The van der Waals surface area contributed by atoms with Crippen molar-refractivity contribution in [3.8, 4) is 23.3 Å². The van der Waals surface area contributed by atoms with Crippen LogP contribution in [0, 0.1) is 28.9 Å². The first kappa shape index (κ1) is 33.2. The van der Waals surface area contributed by atoms with Gasteiger partial charge in [0.2, 0.25) is 0 Å². The molecule has 4 atom stereocenters. The van der Waals surface area contributed by atoms with E-state index >= 15 is 4.39 Å². The van der Waals surface area contributed by atoms with Gasteiger partial charge in [-0.25, -0.2) is 13.6 Å². The molecule has 1 saturated carbocycles. The van der Waals surface area contributed by atoms with Crippen LogP contribution in [0.4, 0.5) is 19.4 Å². The number of piperidine rings is 1. The Hall–Kier alpha value is -4.34. The number of rotatable bonds is 6. The third-order valence-electron chi connectivity index (χ3n) is 10.0. The van der Waals surface area contributed by atoms with Crippen LogP contribution in [0.2, 0.25) is 5.02 Å². The fourth-order valence-electron chi connectivity index (χ4n) is 7.64. The Balaban J connectivity index is 1.30. The quantitative estimate of drug-likeness (QED) is 0.212. The Bertz CT molecular complexity index is 1980. The Labute approximate surface area is 288 Å². The monoisotopic (exact) mass is 689 g/mol. The van der Waals surface area contributed by atoms with Gasteiger partial charge in [-0.05, 0) is 64.5 Å². The lowest BCUT2D eigenvalue weighted by Crippen LogP contribution is -2.56. The zero-order chi connectivity index (χ0) is 34.6. The van der Waals surface area contributed by atoms with Gasteiger partial charge >= 0.3 is 12.1 Å². The van der Waals surface area contributed by atoms with Crippen molar-refractivity contribution in [2.24, 2.45) is 5.92 Å². The van der Waals surface area contributed by atoms with E-state index in [-0.39, 0.29) is 47.8 Å². The minimum absolute atomic E-state index is 0.0118. The second-order valence-electron chi connectivity index (χ2n) is 14.2. The molecule has 4 heterocycles. The van der Waals surface area contributed by atoms with Gasteiger partial charge in [-0.1, -0.05) is 35.9 Å². The maximum absolute atomic E-state index is 16.8. The van der Waals surface area contributed by atoms with E-state index < -0.39 is 29.4 Å². The number of piperazine rings is 1. The highest BCUT2D eigenvalue weighted by Crippen LogP contribution is 2.42. The number of carbonyl (C=O) groups is 1. The molecule has 3 fully saturated rings. The normalized spacial score (nSPS) is 22.6. The number of pyridine rings is 1. The first-order valence-electron chi connectivity index (χ1n) is 16.6. The third kappa shape index (κ3) is 6.19. The highest BCUT2D eigenvalue weighted by molar-refractivity contribution is 6.36. The van der Waals surface area contributed by atoms with Crippen LogP contribution < -0.4 is 9.64 Å². The van der Waals surface area contributed by atoms with E-state index in [1.54, 1.807) is 49.9 Å². The highest BCUT2D eigenvalue weighted by Gasteiger charge is 2.44. The topological polar surface area (TPSA) is 108 Å². The van der Waals surface area contributed by atoms with Gasteiger partial charge in [0, 0.05) is 48.9 Å². The van der Waals surface area contributed by atoms with Gasteiger partial charge in [-0.2, -0.15) is 15.2 Å². The van der Waals surface area contributed by atoms with E-state index in [1.165, 1.54) is 18.7 Å². The highest BCUT2D eigenvalue weighted by atomic mass is 35.5. The molecule has 2 aromatic heterocycles. The van der Waals surface area contributed by atoms with Crippen LogP contribution in [-0.2, 0) is 4.74 Å². The molecule has 2 saturated heterocycles. The van der Waals surface area contributed by atoms with Crippen LogP contribution >= 0.6 is 11.6 Å². The maximum atomic E-state index is 16.8. The van der Waals surface area contributed by atoms with Crippen molar-refractivity contribution in [3.63, 3.8) is 0 Å². The average molecular weight is 690 g/mol. The lowest BCUT2D eigenvalue weighted by atomic mass is 10.00. The third-order valence-corrected chi connectivity index (χ3v) is 10.4. The molecule has 13 heteroatoms. The summed E-state index contributed by atoms with van der Waals surface area (Å²) in [5.74, 6) is -0.442. The summed E-state index contributed by atoms with van der Waals surface area (Å²) in [4.78, 5) is 32.8. The molecule has 49 heavy (non-hydrogen) atoms. The van der Waals surface area contributed by atoms with Crippen LogP contribution in [-0.4, -0.2) is 87.9 Å². The Morgan fingerprint density at radius 1 is 1.14 bits per heavy atom. The smallest absolute Gasteiger partial charge is 0.410 e. The molecule has 4 aromatic rings. The summed E-state index contributed by atoms with van der Waals surface area (Å²) >= 11 is 6.41. The van der Waals surface area contributed by atoms with Gasteiger partial charge in [-0.3, -0.25) is 9.88 Å². The lowest BCUT2D eigenvalue weighted by Gasteiger charge is -2.41. The molecule has 0 N–H and O–H groups in total. The Kier molecular flexibility index (Phi) is 8.69. The van der Waals surface area contributed by atoms with E-state index in [1.807, 2.05) is 4.90 Å². The second kappa shape index (κ2) is 12.8. The summed E-state index contributed by atoms with van der Waals surface area (Å²) in [5.41, 5.74) is -0.421. The molecular formula is C36H38ClF2N7O3. The zero-order valence-corrected chi connectivity index (χ0v) is 28.7. The number of likely N-dealkylation sites (N-methyl/N-ethyl adjacent to an activating group) is 1. The fourth-order valence-corrected chi connectivity index (χ4v) is 7.91. The van der Waals surface area contributed by atoms with Gasteiger partial charge in [0.05, 0.1) is 28.9 Å². The fraction of sp³-hybridized carbons (Fsp3) is 0.472. The molecule has 10 nitrogen and oxygen atoms in total. The van der Waals surface area contributed by atoms with Crippen molar-refractivity contribution in [2.45, 2.75) is 70.2 Å². The number of aromatic nitrogens is 3. The number of hydrogen-bond acceptors (Lipinski definition) is 9. The standard InChI is InChI=1S/C36H38ClF2N7O3/c1-36(2,3)49-35(47)46-15-14-45(18-23(46)12-13-40)33-25-17-41-31(24-7-5-6-20-9-11-26(38)29(37)28(20)24)30(39)32(25)42-34(43-33)48-19-27-21-8-10-22(16-21)44(27)4/h5-7,9,11,17,21-23,27H,8,10,12,14-16,18-19H2,1-4H3/t21?,22?,23-,27-/m0/s1. The van der Waals surface area contributed by atoms with Crippen LogP contribution in [0.25, 0.3) is 32.9 Å². The van der Waals surface area contributed by atoms with Crippen molar-refractivity contribution < 1.29 is 23.0 Å². The first-order chi connectivity index (χ1) is 23.4. The molecule has 3 aliphatic rings. The molecule has 256 valence electrons. The molecular weight excluding hydrogens is 652 g/mol. The summed E-state index contributed by atoms with van der Waals surface area (Å²) in [6, 6.07) is 10.5. The van der Waals surface area contributed by atoms with Crippen molar-refractivity contribution in [3.05, 3.63) is 53.2 Å². The largest absolute Gasteiger partial charge is 0.462 e. The number of anilines is 1. The number of benzene rings is 2. The minimum Gasteiger partial charge on any atom is -0.462 e. The number of likely N-dealkylation sites (tertiary alicyclic amines) is 1. The van der Waals surface area contributed by atoms with E-state index in [4.69, 9.17) is 26.1 Å². The SMILES string of the molecule is CN1C2CCC(C2)[C@@H]1COc1nc(N2CCN(C(=O)OC(C)(C)C)[C@@H](CC#N)C2)c2cnc(-c3cccc4ccc(F)c(Cl)c34)c(F)c2n1. The van der Waals surface area contributed by atoms with E-state index in [0.29, 0.717) is 52.7 Å². The Morgan fingerprint density at radius 2 is 1.96 bits per heavy atom. The number of halogens is 3. The summed E-state index contributed by atoms with van der Waals surface area (Å²) in [6.45, 7) is 6.57. The molecule has 0 radical (unpaired) electrons. The van der Waals surface area contributed by atoms with Gasteiger partial charge in [0.1, 0.15) is 35.1 Å². The maximum Gasteiger partial charge on any atom is 0.410 e. The first-order valence-corrected chi connectivity index (χ1v) is 17.0. The zero-order valence-electron chi connectivity index (χ0n) is 27.9. The van der Waals surface area contributed by atoms with E-state index in [2.05, 4.69) is 28.0 Å². The number of amides is 1.